The second-order valence-corrected chi connectivity index (χ2v) is 10.6. The van der Waals surface area contributed by atoms with Crippen LogP contribution in [0.25, 0.3) is 10.9 Å². The van der Waals surface area contributed by atoms with Crippen molar-refractivity contribution < 1.29 is 19.4 Å². The molecular formula is C28H34N4O4. The Morgan fingerprint density at radius 3 is 2.39 bits per heavy atom. The first-order valence-corrected chi connectivity index (χ1v) is 12.7. The molecule has 2 aromatic carbocycles. The molecule has 2 fully saturated rings. The van der Waals surface area contributed by atoms with E-state index < -0.39 is 0 Å². The Labute approximate surface area is 211 Å². The molecule has 1 saturated heterocycles. The Balaban J connectivity index is 1.34. The summed E-state index contributed by atoms with van der Waals surface area (Å²) in [5.41, 5.74) is 4.14. The highest BCUT2D eigenvalue weighted by Gasteiger charge is 2.55. The van der Waals surface area contributed by atoms with Crippen molar-refractivity contribution in [1.82, 2.24) is 14.4 Å². The number of methoxy groups -OCH3 is 2. The fourth-order valence-corrected chi connectivity index (χ4v) is 6.25. The van der Waals surface area contributed by atoms with Crippen LogP contribution in [0.4, 0.5) is 10.5 Å². The van der Waals surface area contributed by atoms with E-state index in [1.807, 2.05) is 35.2 Å². The molecule has 3 aromatic rings. The van der Waals surface area contributed by atoms with E-state index in [0.717, 1.165) is 35.8 Å². The molecule has 6 rings (SSSR count). The summed E-state index contributed by atoms with van der Waals surface area (Å²) < 4.78 is 13.0. The lowest BCUT2D eigenvalue weighted by Gasteiger charge is -2.56. The molecule has 3 aliphatic rings. The third kappa shape index (κ3) is 3.71. The van der Waals surface area contributed by atoms with Crippen molar-refractivity contribution in [2.45, 2.75) is 24.3 Å². The summed E-state index contributed by atoms with van der Waals surface area (Å²) in [6.45, 7) is 3.21. The smallest absolute Gasteiger partial charge is 0.321 e. The molecule has 0 radical (unpaired) electrons. The number of anilines is 1. The minimum absolute atomic E-state index is 0.0446. The molecule has 8 nitrogen and oxygen atoms in total. The normalized spacial score (nSPS) is 20.8. The van der Waals surface area contributed by atoms with Crippen LogP contribution in [0.2, 0.25) is 0 Å². The van der Waals surface area contributed by atoms with E-state index in [0.29, 0.717) is 19.0 Å². The highest BCUT2D eigenvalue weighted by Crippen LogP contribution is 2.50. The second-order valence-electron chi connectivity index (χ2n) is 10.6. The first-order chi connectivity index (χ1) is 17.5. The van der Waals surface area contributed by atoms with Gasteiger partial charge in [-0.25, -0.2) is 4.79 Å². The standard InChI is InChI=1S/C28H34N4O4/c1-30-23-12-21(36-3)10-11-22(23)25-26(30)24(14-33)31(13-18-4-5-18)15-28(25)16-32(17-28)27(34)29-19-6-8-20(35-2)9-7-19/h6-12,18,24,33H,4-5,13-17H2,1-3H3,(H,29,34)/t24-/m1/s1. The van der Waals surface area contributed by atoms with Crippen molar-refractivity contribution in [2.24, 2.45) is 13.0 Å². The maximum atomic E-state index is 13.1. The SMILES string of the molecule is COc1ccc(NC(=O)N2CC3(C2)CN(CC2CC2)[C@H](CO)c2c3c3ccc(OC)cc3n2C)cc1. The lowest BCUT2D eigenvalue weighted by Crippen LogP contribution is -2.68. The highest BCUT2D eigenvalue weighted by atomic mass is 16.5. The zero-order valence-corrected chi connectivity index (χ0v) is 21.2. The van der Waals surface area contributed by atoms with Gasteiger partial charge in [0.15, 0.2) is 0 Å². The van der Waals surface area contributed by atoms with Gasteiger partial charge in [0, 0.05) is 61.5 Å². The largest absolute Gasteiger partial charge is 0.497 e. The number of fused-ring (bicyclic) bond motifs is 4. The molecule has 2 aliphatic heterocycles. The molecule has 0 unspecified atom stereocenters. The summed E-state index contributed by atoms with van der Waals surface area (Å²) >= 11 is 0. The number of urea groups is 1. The van der Waals surface area contributed by atoms with E-state index in [-0.39, 0.29) is 24.1 Å². The number of aromatic nitrogens is 1. The van der Waals surface area contributed by atoms with E-state index in [1.54, 1.807) is 14.2 Å². The summed E-state index contributed by atoms with van der Waals surface area (Å²) in [4.78, 5) is 17.5. The molecule has 1 atom stereocenters. The second kappa shape index (κ2) is 8.71. The van der Waals surface area contributed by atoms with Gasteiger partial charge in [0.05, 0.1) is 32.4 Å². The summed E-state index contributed by atoms with van der Waals surface area (Å²) in [6, 6.07) is 13.5. The number of aliphatic hydroxyl groups is 1. The number of likely N-dealkylation sites (tertiary alicyclic amines) is 1. The number of hydrogen-bond donors (Lipinski definition) is 2. The van der Waals surface area contributed by atoms with Crippen LogP contribution in [0.15, 0.2) is 42.5 Å². The van der Waals surface area contributed by atoms with Crippen LogP contribution in [0.5, 0.6) is 11.5 Å². The van der Waals surface area contributed by atoms with Gasteiger partial charge in [-0.1, -0.05) is 0 Å². The quantitative estimate of drug-likeness (QED) is 0.550. The Morgan fingerprint density at radius 2 is 1.75 bits per heavy atom. The molecule has 36 heavy (non-hydrogen) atoms. The number of aliphatic hydroxyl groups excluding tert-OH is 1. The number of nitrogens with one attached hydrogen (secondary N) is 1. The van der Waals surface area contributed by atoms with Crippen molar-refractivity contribution in [3.05, 3.63) is 53.7 Å². The van der Waals surface area contributed by atoms with Crippen molar-refractivity contribution >= 4 is 22.6 Å². The number of carbonyl (C=O) groups excluding carboxylic acids is 1. The Hall–Kier alpha value is -3.23. The average Bonchev–Trinajstić information content (AvgIpc) is 3.65. The zero-order valence-electron chi connectivity index (χ0n) is 21.2. The van der Waals surface area contributed by atoms with Gasteiger partial charge >= 0.3 is 6.03 Å². The number of benzene rings is 2. The third-order valence-electron chi connectivity index (χ3n) is 8.22. The number of nitrogens with zero attached hydrogens (tertiary/aromatic N) is 3. The van der Waals surface area contributed by atoms with Crippen LogP contribution in [0.3, 0.4) is 0 Å². The first kappa shape index (κ1) is 23.2. The predicted octanol–water partition coefficient (Wildman–Crippen LogP) is 3.74. The van der Waals surface area contributed by atoms with Crippen LogP contribution in [0.1, 0.15) is 30.1 Å². The molecule has 3 heterocycles. The fraction of sp³-hybridized carbons (Fsp3) is 0.464. The maximum Gasteiger partial charge on any atom is 0.321 e. The molecule has 1 aliphatic carbocycles. The molecule has 1 saturated carbocycles. The average molecular weight is 491 g/mol. The van der Waals surface area contributed by atoms with Crippen LogP contribution < -0.4 is 14.8 Å². The molecular weight excluding hydrogens is 456 g/mol. The lowest BCUT2D eigenvalue weighted by molar-refractivity contribution is 0.0130. The van der Waals surface area contributed by atoms with Gasteiger partial charge in [-0.3, -0.25) is 4.90 Å². The van der Waals surface area contributed by atoms with E-state index in [4.69, 9.17) is 9.47 Å². The fourth-order valence-electron chi connectivity index (χ4n) is 6.25. The monoisotopic (exact) mass is 490 g/mol. The summed E-state index contributed by atoms with van der Waals surface area (Å²) in [5, 5.41) is 14.7. The lowest BCUT2D eigenvalue weighted by atomic mass is 9.68. The summed E-state index contributed by atoms with van der Waals surface area (Å²) in [7, 11) is 5.40. The Morgan fingerprint density at radius 1 is 1.06 bits per heavy atom. The van der Waals surface area contributed by atoms with Crippen molar-refractivity contribution in [3.8, 4) is 11.5 Å². The third-order valence-corrected chi connectivity index (χ3v) is 8.22. The topological polar surface area (TPSA) is 79.2 Å². The van der Waals surface area contributed by atoms with E-state index in [2.05, 4.69) is 34.0 Å². The maximum absolute atomic E-state index is 13.1. The number of carbonyl (C=O) groups is 1. The number of amides is 2. The molecule has 190 valence electrons. The number of rotatable bonds is 6. The van der Waals surface area contributed by atoms with Gasteiger partial charge in [0.2, 0.25) is 0 Å². The van der Waals surface area contributed by atoms with Gasteiger partial charge in [0.25, 0.3) is 0 Å². The van der Waals surface area contributed by atoms with E-state index in [9.17, 15) is 9.90 Å². The van der Waals surface area contributed by atoms with Gasteiger partial charge < -0.3 is 29.4 Å². The van der Waals surface area contributed by atoms with Crippen LogP contribution in [-0.2, 0) is 12.5 Å². The Kier molecular flexibility index (Phi) is 5.61. The van der Waals surface area contributed by atoms with Crippen LogP contribution in [-0.4, -0.2) is 72.5 Å². The van der Waals surface area contributed by atoms with Gasteiger partial charge in [-0.05, 0) is 60.7 Å². The molecule has 1 spiro atoms. The van der Waals surface area contributed by atoms with Gasteiger partial charge in [-0.15, -0.1) is 0 Å². The number of aryl methyl sites for hydroxylation is 1. The first-order valence-electron chi connectivity index (χ1n) is 12.7. The number of ether oxygens (including phenoxy) is 2. The minimum Gasteiger partial charge on any atom is -0.497 e. The molecule has 2 N–H and O–H groups in total. The summed E-state index contributed by atoms with van der Waals surface area (Å²) in [5.74, 6) is 2.29. The number of hydrogen-bond acceptors (Lipinski definition) is 5. The van der Waals surface area contributed by atoms with Crippen molar-refractivity contribution in [1.29, 1.82) is 0 Å². The zero-order chi connectivity index (χ0) is 25.0. The van der Waals surface area contributed by atoms with Crippen LogP contribution >= 0.6 is 0 Å². The molecule has 1 aromatic heterocycles. The van der Waals surface area contributed by atoms with E-state index >= 15 is 0 Å². The molecule has 2 amide bonds. The van der Waals surface area contributed by atoms with Crippen molar-refractivity contribution in [3.63, 3.8) is 0 Å². The van der Waals surface area contributed by atoms with Gasteiger partial charge in [-0.2, -0.15) is 0 Å². The molecule has 8 heteroatoms. The summed E-state index contributed by atoms with van der Waals surface area (Å²) in [6.07, 6.45) is 2.52. The van der Waals surface area contributed by atoms with E-state index in [1.165, 1.54) is 29.5 Å². The highest BCUT2D eigenvalue weighted by molar-refractivity contribution is 5.92. The van der Waals surface area contributed by atoms with Gasteiger partial charge in [0.1, 0.15) is 11.5 Å². The predicted molar refractivity (Wildman–Crippen MR) is 139 cm³/mol. The Bertz CT molecular complexity index is 1290. The minimum atomic E-state index is -0.165. The molecule has 0 bridgehead atoms. The van der Waals surface area contributed by atoms with Crippen LogP contribution in [0, 0.1) is 5.92 Å². The van der Waals surface area contributed by atoms with Crippen molar-refractivity contribution in [2.75, 3.05) is 52.3 Å².